The zero-order valence-corrected chi connectivity index (χ0v) is 13.6. The maximum atomic E-state index is 12.3. The molecule has 0 aliphatic rings. The summed E-state index contributed by atoms with van der Waals surface area (Å²) in [7, 11) is 1.58. The van der Waals surface area contributed by atoms with E-state index in [1.165, 1.54) is 12.1 Å². The molecule has 2 aromatic rings. The Balaban J connectivity index is 2.30. The molecular weight excluding hydrogens is 310 g/mol. The van der Waals surface area contributed by atoms with Gasteiger partial charge in [0.05, 0.1) is 24.6 Å². The fraction of sp³-hybridized carbons (Fsp3) is 0.278. The summed E-state index contributed by atoms with van der Waals surface area (Å²) in [5, 5.41) is 10.8. The molecule has 0 aliphatic heterocycles. The van der Waals surface area contributed by atoms with Gasteiger partial charge < -0.3 is 9.47 Å². The maximum Gasteiger partial charge on any atom is 0.313 e. The fourth-order valence-electron chi connectivity index (χ4n) is 2.44. The van der Waals surface area contributed by atoms with Gasteiger partial charge >= 0.3 is 5.97 Å². The Morgan fingerprint density at radius 3 is 2.50 bits per heavy atom. The molecule has 0 heterocycles. The SMILES string of the molecule is CCOC(=O)C(Cc1cccc(OC)c1)c1ccc([N+](=O)[O-])cc1. The Kier molecular flexibility index (Phi) is 5.89. The number of methoxy groups -OCH3 is 1. The Labute approximate surface area is 140 Å². The number of nitro benzene ring substituents is 1. The van der Waals surface area contributed by atoms with E-state index in [9.17, 15) is 14.9 Å². The molecule has 6 heteroatoms. The van der Waals surface area contributed by atoms with E-state index >= 15 is 0 Å². The van der Waals surface area contributed by atoms with Crippen molar-refractivity contribution in [1.29, 1.82) is 0 Å². The normalized spacial score (nSPS) is 11.6. The smallest absolute Gasteiger partial charge is 0.313 e. The highest BCUT2D eigenvalue weighted by Crippen LogP contribution is 2.26. The van der Waals surface area contributed by atoms with E-state index in [4.69, 9.17) is 9.47 Å². The van der Waals surface area contributed by atoms with Crippen LogP contribution in [0.1, 0.15) is 24.0 Å². The summed E-state index contributed by atoms with van der Waals surface area (Å²) in [5.74, 6) is -0.175. The first-order chi connectivity index (χ1) is 11.5. The molecule has 0 saturated heterocycles. The second-order valence-electron chi connectivity index (χ2n) is 5.21. The number of carbonyl (C=O) groups excluding carboxylic acids is 1. The zero-order valence-electron chi connectivity index (χ0n) is 13.6. The second kappa shape index (κ2) is 8.10. The summed E-state index contributed by atoms with van der Waals surface area (Å²) < 4.78 is 10.4. The molecule has 2 rings (SSSR count). The highest BCUT2D eigenvalue weighted by molar-refractivity contribution is 5.78. The number of nitrogens with zero attached hydrogens (tertiary/aromatic N) is 1. The predicted molar refractivity (Wildman–Crippen MR) is 89.2 cm³/mol. The van der Waals surface area contributed by atoms with Crippen molar-refractivity contribution in [3.8, 4) is 5.75 Å². The average molecular weight is 329 g/mol. The van der Waals surface area contributed by atoms with E-state index in [0.717, 1.165) is 5.56 Å². The van der Waals surface area contributed by atoms with E-state index in [1.807, 2.05) is 24.3 Å². The van der Waals surface area contributed by atoms with Gasteiger partial charge in [0.2, 0.25) is 0 Å². The van der Waals surface area contributed by atoms with Crippen LogP contribution in [-0.4, -0.2) is 24.6 Å². The van der Waals surface area contributed by atoms with Crippen LogP contribution in [0.15, 0.2) is 48.5 Å². The van der Waals surface area contributed by atoms with Crippen LogP contribution in [0.4, 0.5) is 5.69 Å². The first-order valence-electron chi connectivity index (χ1n) is 7.59. The number of benzene rings is 2. The van der Waals surface area contributed by atoms with E-state index in [1.54, 1.807) is 26.2 Å². The Bertz CT molecular complexity index is 712. The molecule has 24 heavy (non-hydrogen) atoms. The Morgan fingerprint density at radius 1 is 1.21 bits per heavy atom. The van der Waals surface area contributed by atoms with Gasteiger partial charge in [0.1, 0.15) is 5.75 Å². The molecule has 0 N–H and O–H groups in total. The third-order valence-electron chi connectivity index (χ3n) is 3.65. The molecule has 2 aromatic carbocycles. The van der Waals surface area contributed by atoms with Gasteiger partial charge in [-0.05, 0) is 36.6 Å². The number of hydrogen-bond donors (Lipinski definition) is 0. The third kappa shape index (κ3) is 4.32. The molecule has 0 amide bonds. The van der Waals surface area contributed by atoms with Crippen molar-refractivity contribution in [3.05, 3.63) is 69.8 Å². The number of non-ortho nitro benzene ring substituents is 1. The minimum atomic E-state index is -0.530. The number of hydrogen-bond acceptors (Lipinski definition) is 5. The monoisotopic (exact) mass is 329 g/mol. The molecule has 0 saturated carbocycles. The van der Waals surface area contributed by atoms with Crippen LogP contribution >= 0.6 is 0 Å². The van der Waals surface area contributed by atoms with Gasteiger partial charge in [-0.15, -0.1) is 0 Å². The minimum absolute atomic E-state index is 0.0114. The van der Waals surface area contributed by atoms with E-state index in [-0.39, 0.29) is 18.3 Å². The molecule has 0 bridgehead atoms. The molecule has 0 spiro atoms. The summed E-state index contributed by atoms with van der Waals surface area (Å²) in [4.78, 5) is 22.6. The largest absolute Gasteiger partial charge is 0.497 e. The number of rotatable bonds is 7. The molecule has 1 atom stereocenters. The van der Waals surface area contributed by atoms with Gasteiger partial charge in [-0.2, -0.15) is 0 Å². The molecule has 6 nitrogen and oxygen atoms in total. The first-order valence-corrected chi connectivity index (χ1v) is 7.59. The zero-order chi connectivity index (χ0) is 17.5. The predicted octanol–water partition coefficient (Wildman–Crippen LogP) is 3.49. The molecule has 126 valence electrons. The van der Waals surface area contributed by atoms with Crippen molar-refractivity contribution < 1.29 is 19.2 Å². The van der Waals surface area contributed by atoms with Gasteiger partial charge in [0, 0.05) is 12.1 Å². The molecule has 0 fully saturated rings. The van der Waals surface area contributed by atoms with Crippen LogP contribution in [0.25, 0.3) is 0 Å². The summed E-state index contributed by atoms with van der Waals surface area (Å²) in [6.07, 6.45) is 0.424. The number of nitro groups is 1. The summed E-state index contributed by atoms with van der Waals surface area (Å²) >= 11 is 0. The first kappa shape index (κ1) is 17.5. The third-order valence-corrected chi connectivity index (χ3v) is 3.65. The lowest BCUT2D eigenvalue weighted by Gasteiger charge is -2.16. The lowest BCUT2D eigenvalue weighted by atomic mass is 9.92. The van der Waals surface area contributed by atoms with E-state index in [0.29, 0.717) is 17.7 Å². The van der Waals surface area contributed by atoms with Crippen molar-refractivity contribution in [1.82, 2.24) is 0 Å². The highest BCUT2D eigenvalue weighted by Gasteiger charge is 2.23. The van der Waals surface area contributed by atoms with Crippen molar-refractivity contribution in [2.45, 2.75) is 19.3 Å². The molecule has 0 radical (unpaired) electrons. The maximum absolute atomic E-state index is 12.3. The second-order valence-corrected chi connectivity index (χ2v) is 5.21. The lowest BCUT2D eigenvalue weighted by Crippen LogP contribution is -2.18. The quantitative estimate of drug-likeness (QED) is 0.441. The highest BCUT2D eigenvalue weighted by atomic mass is 16.6. The van der Waals surface area contributed by atoms with Crippen LogP contribution in [0.2, 0.25) is 0 Å². The van der Waals surface area contributed by atoms with Crippen LogP contribution in [0.5, 0.6) is 5.75 Å². The number of carbonyl (C=O) groups is 1. The van der Waals surface area contributed by atoms with Gasteiger partial charge in [-0.1, -0.05) is 24.3 Å². The van der Waals surface area contributed by atoms with Crippen LogP contribution in [0.3, 0.4) is 0 Å². The lowest BCUT2D eigenvalue weighted by molar-refractivity contribution is -0.384. The topological polar surface area (TPSA) is 78.7 Å². The van der Waals surface area contributed by atoms with Crippen molar-refractivity contribution in [2.24, 2.45) is 0 Å². The Morgan fingerprint density at radius 2 is 1.92 bits per heavy atom. The summed E-state index contributed by atoms with van der Waals surface area (Å²) in [6.45, 7) is 2.02. The summed E-state index contributed by atoms with van der Waals surface area (Å²) in [5.41, 5.74) is 1.59. The molecule has 0 aliphatic carbocycles. The van der Waals surface area contributed by atoms with E-state index in [2.05, 4.69) is 0 Å². The molecule has 1 unspecified atom stereocenters. The van der Waals surface area contributed by atoms with Crippen molar-refractivity contribution in [2.75, 3.05) is 13.7 Å². The van der Waals surface area contributed by atoms with Crippen molar-refractivity contribution >= 4 is 11.7 Å². The van der Waals surface area contributed by atoms with Gasteiger partial charge in [0.15, 0.2) is 0 Å². The van der Waals surface area contributed by atoms with E-state index < -0.39 is 10.8 Å². The number of esters is 1. The number of ether oxygens (including phenoxy) is 2. The van der Waals surface area contributed by atoms with Gasteiger partial charge in [-0.3, -0.25) is 14.9 Å². The summed E-state index contributed by atoms with van der Waals surface area (Å²) in [6, 6.07) is 13.4. The Hall–Kier alpha value is -2.89. The average Bonchev–Trinajstić information content (AvgIpc) is 2.60. The minimum Gasteiger partial charge on any atom is -0.497 e. The fourth-order valence-corrected chi connectivity index (χ4v) is 2.44. The van der Waals surface area contributed by atoms with Crippen molar-refractivity contribution in [3.63, 3.8) is 0 Å². The molecule has 0 aromatic heterocycles. The van der Waals surface area contributed by atoms with Crippen LogP contribution < -0.4 is 4.74 Å². The van der Waals surface area contributed by atoms with Gasteiger partial charge in [0.25, 0.3) is 5.69 Å². The molecular formula is C18H19NO5. The van der Waals surface area contributed by atoms with Gasteiger partial charge in [-0.25, -0.2) is 0 Å². The standard InChI is InChI=1S/C18H19NO5/c1-3-24-18(20)17(12-13-5-4-6-16(11-13)23-2)14-7-9-15(10-8-14)19(21)22/h4-11,17H,3,12H2,1-2H3. The van der Waals surface area contributed by atoms with Crippen LogP contribution in [0, 0.1) is 10.1 Å². The van der Waals surface area contributed by atoms with Crippen LogP contribution in [-0.2, 0) is 16.0 Å².